The molecule has 0 spiro atoms. The second-order valence-corrected chi connectivity index (χ2v) is 6.82. The van der Waals surface area contributed by atoms with Crippen molar-refractivity contribution in [1.82, 2.24) is 4.98 Å². The molecule has 0 amide bonds. The van der Waals surface area contributed by atoms with Crippen molar-refractivity contribution in [3.63, 3.8) is 0 Å². The second-order valence-electron chi connectivity index (χ2n) is 5.05. The average molecular weight is 371 g/mol. The number of hydrogen-bond donors (Lipinski definition) is 0. The Morgan fingerprint density at radius 3 is 2.61 bits per heavy atom. The van der Waals surface area contributed by atoms with E-state index in [9.17, 15) is 0 Å². The molecule has 1 aliphatic carbocycles. The van der Waals surface area contributed by atoms with Crippen molar-refractivity contribution in [3.8, 4) is 5.75 Å². The lowest BCUT2D eigenvalue weighted by molar-refractivity contribution is 0.410. The molecule has 1 aromatic carbocycles. The first-order chi connectivity index (χ1) is 8.55. The van der Waals surface area contributed by atoms with Crippen LogP contribution in [0.1, 0.15) is 25.3 Å². The number of pyridine rings is 1. The molecule has 1 aliphatic rings. The van der Waals surface area contributed by atoms with Crippen molar-refractivity contribution in [3.05, 3.63) is 32.8 Å². The summed E-state index contributed by atoms with van der Waals surface area (Å²) in [5, 5.41) is 1.06. The summed E-state index contributed by atoms with van der Waals surface area (Å²) in [5.74, 6) is 0.960. The number of halogens is 2. The number of aromatic nitrogens is 1. The van der Waals surface area contributed by atoms with Crippen molar-refractivity contribution >= 4 is 42.8 Å². The van der Waals surface area contributed by atoms with Gasteiger partial charge in [0.05, 0.1) is 12.6 Å². The van der Waals surface area contributed by atoms with Gasteiger partial charge in [-0.2, -0.15) is 0 Å². The fourth-order valence-electron chi connectivity index (χ4n) is 2.33. The predicted molar refractivity (Wildman–Crippen MR) is 80.3 cm³/mol. The smallest absolute Gasteiger partial charge is 0.132 e. The number of rotatable bonds is 2. The molecule has 2 nitrogen and oxygen atoms in total. The zero-order valence-corrected chi connectivity index (χ0v) is 13.4. The van der Waals surface area contributed by atoms with Crippen LogP contribution >= 0.6 is 31.9 Å². The van der Waals surface area contributed by atoms with Crippen molar-refractivity contribution in [2.75, 3.05) is 7.11 Å². The highest BCUT2D eigenvalue weighted by Gasteiger charge is 2.42. The van der Waals surface area contributed by atoms with E-state index < -0.39 is 0 Å². The summed E-state index contributed by atoms with van der Waals surface area (Å²) in [5.41, 5.74) is 2.50. The maximum Gasteiger partial charge on any atom is 0.132 e. The summed E-state index contributed by atoms with van der Waals surface area (Å²) in [6.45, 7) is 2.29. The molecule has 4 heteroatoms. The number of fused-ring (bicyclic) bond motifs is 1. The van der Waals surface area contributed by atoms with Crippen LogP contribution in [0.2, 0.25) is 0 Å². The lowest BCUT2D eigenvalue weighted by Gasteiger charge is -2.17. The van der Waals surface area contributed by atoms with Gasteiger partial charge in [0.1, 0.15) is 5.75 Å². The van der Waals surface area contributed by atoms with Gasteiger partial charge >= 0.3 is 0 Å². The third-order valence-corrected chi connectivity index (χ3v) is 4.73. The van der Waals surface area contributed by atoms with Gasteiger partial charge in [0.25, 0.3) is 0 Å². The van der Waals surface area contributed by atoms with E-state index in [2.05, 4.69) is 55.9 Å². The summed E-state index contributed by atoms with van der Waals surface area (Å²) < 4.78 is 7.66. The van der Waals surface area contributed by atoms with Crippen LogP contribution in [0.25, 0.3) is 10.9 Å². The normalized spacial score (nSPS) is 16.9. The molecule has 0 radical (unpaired) electrons. The molecule has 1 aromatic heterocycles. The SMILES string of the molecule is COc1c(C2(C)CC2)cc(Br)c2ncc(Br)cc12. The van der Waals surface area contributed by atoms with E-state index in [4.69, 9.17) is 4.74 Å². The predicted octanol–water partition coefficient (Wildman–Crippen LogP) is 4.82. The molecule has 0 atom stereocenters. The Balaban J connectivity index is 2.38. The number of hydrogen-bond acceptors (Lipinski definition) is 2. The summed E-state index contributed by atoms with van der Waals surface area (Å²) in [7, 11) is 1.73. The molecule has 0 aliphatic heterocycles. The molecule has 1 saturated carbocycles. The minimum Gasteiger partial charge on any atom is -0.496 e. The first kappa shape index (κ1) is 12.4. The molecule has 1 fully saturated rings. The van der Waals surface area contributed by atoms with Gasteiger partial charge in [-0.15, -0.1) is 0 Å². The van der Waals surface area contributed by atoms with E-state index in [0.717, 1.165) is 25.6 Å². The van der Waals surface area contributed by atoms with Crippen LogP contribution in [0.4, 0.5) is 0 Å². The number of nitrogens with zero attached hydrogens (tertiary/aromatic N) is 1. The minimum absolute atomic E-state index is 0.268. The second kappa shape index (κ2) is 4.20. The lowest BCUT2D eigenvalue weighted by atomic mass is 9.95. The van der Waals surface area contributed by atoms with Crippen LogP contribution in [0.5, 0.6) is 5.75 Å². The quantitative estimate of drug-likeness (QED) is 0.755. The molecule has 94 valence electrons. The highest BCUT2D eigenvalue weighted by atomic mass is 79.9. The van der Waals surface area contributed by atoms with Gasteiger partial charge in [0, 0.05) is 26.1 Å². The van der Waals surface area contributed by atoms with Gasteiger partial charge in [-0.3, -0.25) is 4.98 Å². The van der Waals surface area contributed by atoms with E-state index in [-0.39, 0.29) is 5.41 Å². The first-order valence-corrected chi connectivity index (χ1v) is 7.46. The topological polar surface area (TPSA) is 22.1 Å². The van der Waals surface area contributed by atoms with E-state index in [1.165, 1.54) is 18.4 Å². The number of ether oxygens (including phenoxy) is 1. The molecule has 0 unspecified atom stereocenters. The number of methoxy groups -OCH3 is 1. The molecule has 2 aromatic rings. The van der Waals surface area contributed by atoms with Gasteiger partial charge in [-0.1, -0.05) is 6.92 Å². The Hall–Kier alpha value is -0.610. The Bertz CT molecular complexity index is 635. The molecule has 0 N–H and O–H groups in total. The standard InChI is InChI=1S/C14H13Br2NO/c1-14(3-4-14)10-6-11(16)12-9(13(10)18-2)5-8(15)7-17-12/h5-7H,3-4H2,1-2H3. The third kappa shape index (κ3) is 1.86. The fourth-order valence-corrected chi connectivity index (χ4v) is 3.21. The van der Waals surface area contributed by atoms with E-state index in [1.54, 1.807) is 7.11 Å². The van der Waals surface area contributed by atoms with Crippen molar-refractivity contribution in [2.24, 2.45) is 0 Å². The largest absolute Gasteiger partial charge is 0.496 e. The maximum absolute atomic E-state index is 5.65. The monoisotopic (exact) mass is 369 g/mol. The summed E-state index contributed by atoms with van der Waals surface area (Å²) in [4.78, 5) is 4.46. The van der Waals surface area contributed by atoms with Crippen molar-refractivity contribution in [1.29, 1.82) is 0 Å². The third-order valence-electron chi connectivity index (χ3n) is 3.70. The van der Waals surface area contributed by atoms with Crippen molar-refractivity contribution in [2.45, 2.75) is 25.2 Å². The van der Waals surface area contributed by atoms with Gasteiger partial charge in [0.15, 0.2) is 0 Å². The number of benzene rings is 1. The Kier molecular flexibility index (Phi) is 2.90. The molecule has 3 rings (SSSR count). The molecule has 0 saturated heterocycles. The van der Waals surface area contributed by atoms with Crippen LogP contribution in [-0.4, -0.2) is 12.1 Å². The van der Waals surface area contributed by atoms with E-state index >= 15 is 0 Å². The zero-order valence-electron chi connectivity index (χ0n) is 10.3. The van der Waals surface area contributed by atoms with E-state index in [0.29, 0.717) is 0 Å². The van der Waals surface area contributed by atoms with Crippen LogP contribution in [-0.2, 0) is 5.41 Å². The van der Waals surface area contributed by atoms with Gasteiger partial charge in [-0.05, 0) is 62.2 Å². The van der Waals surface area contributed by atoms with Gasteiger partial charge in [-0.25, -0.2) is 0 Å². The molecule has 1 heterocycles. The van der Waals surface area contributed by atoms with Crippen LogP contribution in [0.3, 0.4) is 0 Å². The summed E-state index contributed by atoms with van der Waals surface area (Å²) in [6.07, 6.45) is 4.26. The zero-order chi connectivity index (χ0) is 12.9. The highest BCUT2D eigenvalue weighted by molar-refractivity contribution is 9.11. The maximum atomic E-state index is 5.65. The van der Waals surface area contributed by atoms with Crippen LogP contribution in [0, 0.1) is 0 Å². The van der Waals surface area contributed by atoms with Crippen LogP contribution in [0.15, 0.2) is 27.3 Å². The molecular formula is C14H13Br2NO. The average Bonchev–Trinajstić information content (AvgIpc) is 3.08. The molecular weight excluding hydrogens is 358 g/mol. The van der Waals surface area contributed by atoms with Gasteiger partial charge in [0.2, 0.25) is 0 Å². The Morgan fingerprint density at radius 2 is 2.00 bits per heavy atom. The molecule has 18 heavy (non-hydrogen) atoms. The van der Waals surface area contributed by atoms with Gasteiger partial charge < -0.3 is 4.74 Å². The van der Waals surface area contributed by atoms with Crippen molar-refractivity contribution < 1.29 is 4.74 Å². The lowest BCUT2D eigenvalue weighted by Crippen LogP contribution is -2.04. The summed E-state index contributed by atoms with van der Waals surface area (Å²) in [6, 6.07) is 4.23. The highest BCUT2D eigenvalue weighted by Crippen LogP contribution is 2.53. The van der Waals surface area contributed by atoms with Crippen LogP contribution < -0.4 is 4.74 Å². The Labute approximate surface area is 123 Å². The fraction of sp³-hybridized carbons (Fsp3) is 0.357. The first-order valence-electron chi connectivity index (χ1n) is 5.87. The molecule has 0 bridgehead atoms. The summed E-state index contributed by atoms with van der Waals surface area (Å²) >= 11 is 7.10. The Morgan fingerprint density at radius 1 is 1.28 bits per heavy atom. The van der Waals surface area contributed by atoms with E-state index in [1.807, 2.05) is 6.20 Å². The minimum atomic E-state index is 0.268.